The van der Waals surface area contributed by atoms with Crippen LogP contribution in [0.15, 0.2) is 53.5 Å². The summed E-state index contributed by atoms with van der Waals surface area (Å²) in [7, 11) is 1.62. The third-order valence-electron chi connectivity index (χ3n) is 3.91. The van der Waals surface area contributed by atoms with E-state index in [0.717, 1.165) is 16.9 Å². The maximum Gasteiger partial charge on any atom is 0.334 e. The van der Waals surface area contributed by atoms with Crippen molar-refractivity contribution in [1.82, 2.24) is 0 Å². The molecule has 0 radical (unpaired) electrons. The van der Waals surface area contributed by atoms with E-state index in [0.29, 0.717) is 11.4 Å². The van der Waals surface area contributed by atoms with Gasteiger partial charge in [-0.05, 0) is 63.1 Å². The molecule has 0 fully saturated rings. The number of nitrogens with zero attached hydrogens (tertiary/aromatic N) is 1. The highest BCUT2D eigenvalue weighted by Crippen LogP contribution is 2.24. The molecule has 0 amide bonds. The number of halogens is 1. The number of hydrogen-bond donors (Lipinski definition) is 0. The molecule has 0 bridgehead atoms. The SMILES string of the molecule is COc1ccc(C[C@](C)(N=Cc2ccc(Cl)cc2)C(=O)OC(C)(C)C)cc1. The summed E-state index contributed by atoms with van der Waals surface area (Å²) in [5.74, 6) is 0.401. The zero-order chi connectivity index (χ0) is 20.1. The lowest BCUT2D eigenvalue weighted by atomic mass is 9.93. The number of carbonyl (C=O) groups is 1. The van der Waals surface area contributed by atoms with Crippen LogP contribution in [0.4, 0.5) is 0 Å². The Bertz CT molecular complexity index is 792. The van der Waals surface area contributed by atoms with Gasteiger partial charge in [0.15, 0.2) is 5.54 Å². The Morgan fingerprint density at radius 2 is 1.63 bits per heavy atom. The number of aliphatic imine (C=N–C) groups is 1. The minimum absolute atomic E-state index is 0.365. The summed E-state index contributed by atoms with van der Waals surface area (Å²) < 4.78 is 10.8. The topological polar surface area (TPSA) is 47.9 Å². The molecular weight excluding hydrogens is 362 g/mol. The number of esters is 1. The highest BCUT2D eigenvalue weighted by atomic mass is 35.5. The monoisotopic (exact) mass is 387 g/mol. The molecule has 144 valence electrons. The fourth-order valence-electron chi connectivity index (χ4n) is 2.47. The lowest BCUT2D eigenvalue weighted by Crippen LogP contribution is -2.41. The van der Waals surface area contributed by atoms with Gasteiger partial charge in [-0.25, -0.2) is 4.79 Å². The zero-order valence-corrected chi connectivity index (χ0v) is 17.2. The largest absolute Gasteiger partial charge is 0.497 e. The van der Waals surface area contributed by atoms with Gasteiger partial charge in [0.25, 0.3) is 0 Å². The van der Waals surface area contributed by atoms with Gasteiger partial charge in [0, 0.05) is 17.7 Å². The molecule has 0 unspecified atom stereocenters. The Labute approximate surface area is 166 Å². The molecule has 0 aromatic heterocycles. The molecule has 2 aromatic rings. The van der Waals surface area contributed by atoms with E-state index >= 15 is 0 Å². The van der Waals surface area contributed by atoms with E-state index in [1.54, 1.807) is 32.4 Å². The molecule has 0 aliphatic heterocycles. The number of ether oxygens (including phenoxy) is 2. The minimum Gasteiger partial charge on any atom is -0.497 e. The minimum atomic E-state index is -1.05. The summed E-state index contributed by atoms with van der Waals surface area (Å²) in [5, 5.41) is 0.653. The fourth-order valence-corrected chi connectivity index (χ4v) is 2.59. The van der Waals surface area contributed by atoms with Crippen LogP contribution < -0.4 is 4.74 Å². The quantitative estimate of drug-likeness (QED) is 0.511. The van der Waals surface area contributed by atoms with E-state index in [1.807, 2.05) is 57.2 Å². The fraction of sp³-hybridized carbons (Fsp3) is 0.364. The Kier molecular flexibility index (Phi) is 6.66. The van der Waals surface area contributed by atoms with Crippen molar-refractivity contribution in [1.29, 1.82) is 0 Å². The average Bonchev–Trinajstić information content (AvgIpc) is 2.60. The molecule has 0 spiro atoms. The van der Waals surface area contributed by atoms with Gasteiger partial charge in [0.05, 0.1) is 7.11 Å². The second-order valence-corrected chi connectivity index (χ2v) is 8.05. The first kappa shape index (κ1) is 21.0. The van der Waals surface area contributed by atoms with Crippen molar-refractivity contribution in [2.45, 2.75) is 45.3 Å². The van der Waals surface area contributed by atoms with Crippen molar-refractivity contribution < 1.29 is 14.3 Å². The third-order valence-corrected chi connectivity index (χ3v) is 4.17. The summed E-state index contributed by atoms with van der Waals surface area (Å²) in [4.78, 5) is 17.5. The third kappa shape index (κ3) is 6.40. The van der Waals surface area contributed by atoms with Crippen LogP contribution in [0, 0.1) is 0 Å². The number of rotatable bonds is 6. The van der Waals surface area contributed by atoms with Crippen LogP contribution in [0.2, 0.25) is 5.02 Å². The van der Waals surface area contributed by atoms with Gasteiger partial charge in [0.1, 0.15) is 11.4 Å². The van der Waals surface area contributed by atoms with Gasteiger partial charge >= 0.3 is 5.97 Å². The predicted molar refractivity (Wildman–Crippen MR) is 110 cm³/mol. The van der Waals surface area contributed by atoms with Crippen LogP contribution in [0.1, 0.15) is 38.8 Å². The molecule has 0 aliphatic rings. The molecule has 0 heterocycles. The van der Waals surface area contributed by atoms with E-state index in [2.05, 4.69) is 4.99 Å². The molecule has 2 aromatic carbocycles. The first-order valence-electron chi connectivity index (χ1n) is 8.78. The summed E-state index contributed by atoms with van der Waals surface area (Å²) in [6, 6.07) is 14.9. The van der Waals surface area contributed by atoms with E-state index in [1.165, 1.54) is 0 Å². The van der Waals surface area contributed by atoms with Crippen LogP contribution in [0.3, 0.4) is 0 Å². The molecular formula is C22H26ClNO3. The van der Waals surface area contributed by atoms with Crippen LogP contribution in [-0.2, 0) is 16.0 Å². The summed E-state index contributed by atoms with van der Waals surface area (Å²) in [6.45, 7) is 7.34. The van der Waals surface area contributed by atoms with Gasteiger partial charge in [-0.2, -0.15) is 0 Å². The molecule has 0 saturated carbocycles. The molecule has 1 atom stereocenters. The van der Waals surface area contributed by atoms with Gasteiger partial charge in [-0.3, -0.25) is 4.99 Å². The normalized spacial score (nSPS) is 14.0. The number of carbonyl (C=O) groups excluding carboxylic acids is 1. The molecule has 27 heavy (non-hydrogen) atoms. The highest BCUT2D eigenvalue weighted by molar-refractivity contribution is 6.30. The van der Waals surface area contributed by atoms with Crippen molar-refractivity contribution in [2.75, 3.05) is 7.11 Å². The molecule has 2 rings (SSSR count). The van der Waals surface area contributed by atoms with E-state index in [-0.39, 0.29) is 5.97 Å². The molecule has 5 heteroatoms. The zero-order valence-electron chi connectivity index (χ0n) is 16.5. The Balaban J connectivity index is 2.31. The van der Waals surface area contributed by atoms with E-state index < -0.39 is 11.1 Å². The summed E-state index contributed by atoms with van der Waals surface area (Å²) >= 11 is 5.93. The van der Waals surface area contributed by atoms with Gasteiger partial charge in [-0.15, -0.1) is 0 Å². The van der Waals surface area contributed by atoms with Crippen LogP contribution >= 0.6 is 11.6 Å². The summed E-state index contributed by atoms with van der Waals surface area (Å²) in [5.41, 5.74) is 0.191. The predicted octanol–water partition coefficient (Wildman–Crippen LogP) is 5.11. The van der Waals surface area contributed by atoms with Gasteiger partial charge in [0.2, 0.25) is 0 Å². The van der Waals surface area contributed by atoms with Crippen molar-refractivity contribution in [2.24, 2.45) is 4.99 Å². The lowest BCUT2D eigenvalue weighted by molar-refractivity contribution is -0.160. The van der Waals surface area contributed by atoms with Crippen LogP contribution in [0.5, 0.6) is 5.75 Å². The van der Waals surface area contributed by atoms with Gasteiger partial charge < -0.3 is 9.47 Å². The van der Waals surface area contributed by atoms with E-state index in [4.69, 9.17) is 21.1 Å². The van der Waals surface area contributed by atoms with Crippen molar-refractivity contribution >= 4 is 23.8 Å². The second-order valence-electron chi connectivity index (χ2n) is 7.61. The van der Waals surface area contributed by atoms with Crippen molar-refractivity contribution in [3.63, 3.8) is 0 Å². The van der Waals surface area contributed by atoms with E-state index in [9.17, 15) is 4.79 Å². The molecule has 0 N–H and O–H groups in total. The Hall–Kier alpha value is -2.33. The van der Waals surface area contributed by atoms with Crippen molar-refractivity contribution in [3.8, 4) is 5.75 Å². The van der Waals surface area contributed by atoms with Crippen LogP contribution in [-0.4, -0.2) is 30.4 Å². The molecule has 4 nitrogen and oxygen atoms in total. The highest BCUT2D eigenvalue weighted by Gasteiger charge is 2.36. The van der Waals surface area contributed by atoms with Gasteiger partial charge in [-0.1, -0.05) is 35.9 Å². The smallest absolute Gasteiger partial charge is 0.334 e. The first-order chi connectivity index (χ1) is 12.6. The van der Waals surface area contributed by atoms with Crippen molar-refractivity contribution in [3.05, 3.63) is 64.7 Å². The first-order valence-corrected chi connectivity index (χ1v) is 9.16. The lowest BCUT2D eigenvalue weighted by Gasteiger charge is -2.28. The Morgan fingerprint density at radius 1 is 1.04 bits per heavy atom. The second kappa shape index (κ2) is 8.57. The maximum atomic E-state index is 12.9. The average molecular weight is 388 g/mol. The summed E-state index contributed by atoms with van der Waals surface area (Å²) in [6.07, 6.45) is 2.10. The number of benzene rings is 2. The maximum absolute atomic E-state index is 12.9. The molecule has 0 aliphatic carbocycles. The standard InChI is InChI=1S/C22H26ClNO3/c1-21(2,3)27-20(25)22(4,14-16-8-12-19(26-5)13-9-16)24-15-17-6-10-18(23)11-7-17/h6-13,15H,14H2,1-5H3/t22-/m0/s1. The number of hydrogen-bond acceptors (Lipinski definition) is 4. The van der Waals surface area contributed by atoms with Crippen LogP contribution in [0.25, 0.3) is 0 Å². The number of methoxy groups -OCH3 is 1. The molecule has 0 saturated heterocycles. The Morgan fingerprint density at radius 3 is 2.15 bits per heavy atom.